The largest absolute Gasteiger partial charge is 0.449 e. The van der Waals surface area contributed by atoms with Gasteiger partial charge in [-0.2, -0.15) is 0 Å². The van der Waals surface area contributed by atoms with Gasteiger partial charge in [0.15, 0.2) is 6.10 Å². The molecule has 16 heavy (non-hydrogen) atoms. The van der Waals surface area contributed by atoms with E-state index in [1.165, 1.54) is 12.2 Å². The van der Waals surface area contributed by atoms with E-state index in [9.17, 15) is 14.4 Å². The van der Waals surface area contributed by atoms with Crippen LogP contribution in [0.4, 0.5) is 4.79 Å². The fourth-order valence-electron chi connectivity index (χ4n) is 0.985. The predicted octanol–water partition coefficient (Wildman–Crippen LogP) is 0.325. The number of carbonyl (C=O) groups excluding carboxylic acids is 3. The molecular formula is C10H16N2O4. The zero-order valence-electron chi connectivity index (χ0n) is 9.52. The second-order valence-electron chi connectivity index (χ2n) is 3.46. The van der Waals surface area contributed by atoms with Crippen molar-refractivity contribution < 1.29 is 19.1 Å². The van der Waals surface area contributed by atoms with Crippen molar-refractivity contribution in [2.75, 3.05) is 0 Å². The Morgan fingerprint density at radius 1 is 1.31 bits per heavy atom. The first-order valence-electron chi connectivity index (χ1n) is 4.82. The fourth-order valence-corrected chi connectivity index (χ4v) is 0.985. The second kappa shape index (κ2) is 6.60. The molecule has 6 heteroatoms. The van der Waals surface area contributed by atoms with E-state index in [1.807, 2.05) is 5.32 Å². The maximum Gasteiger partial charge on any atom is 0.331 e. The summed E-state index contributed by atoms with van der Waals surface area (Å²) in [5, 5.41) is 1.87. The van der Waals surface area contributed by atoms with E-state index in [1.54, 1.807) is 20.8 Å². The number of rotatable bonds is 4. The van der Waals surface area contributed by atoms with Gasteiger partial charge in [0.25, 0.3) is 5.91 Å². The van der Waals surface area contributed by atoms with Crippen molar-refractivity contribution in [3.05, 3.63) is 12.2 Å². The summed E-state index contributed by atoms with van der Waals surface area (Å²) in [6.07, 6.45) is 1.65. The summed E-state index contributed by atoms with van der Waals surface area (Å²) in [6.45, 7) is 5.03. The molecule has 3 N–H and O–H groups in total. The van der Waals surface area contributed by atoms with Crippen LogP contribution in [0.3, 0.4) is 0 Å². The number of nitrogens with one attached hydrogen (secondary N) is 1. The zero-order valence-corrected chi connectivity index (χ0v) is 9.52. The highest BCUT2D eigenvalue weighted by atomic mass is 16.5. The lowest BCUT2D eigenvalue weighted by molar-refractivity contribution is -0.153. The number of primary amides is 1. The molecule has 3 amide bonds. The number of carbonyl (C=O) groups is 3. The molecule has 90 valence electrons. The first kappa shape index (κ1) is 14.2. The van der Waals surface area contributed by atoms with Crippen LogP contribution in [0.25, 0.3) is 0 Å². The Labute approximate surface area is 93.8 Å². The third-order valence-electron chi connectivity index (χ3n) is 1.66. The fraction of sp³-hybridized carbons (Fsp3) is 0.500. The van der Waals surface area contributed by atoms with Crippen molar-refractivity contribution in [3.63, 3.8) is 0 Å². The van der Waals surface area contributed by atoms with Crippen molar-refractivity contribution >= 4 is 17.9 Å². The standard InChI is InChI=1S/C10H16N2O4/c1-4-5-7(13)16-8(6(2)3)9(14)12-10(11)15/h4-6,8H,1-3H3,(H3,11,12,14,15)/b5-4-/t8-/m0/s1. The van der Waals surface area contributed by atoms with Gasteiger partial charge < -0.3 is 10.5 Å². The molecule has 1 atom stereocenters. The number of nitrogens with two attached hydrogens (primary N) is 1. The minimum atomic E-state index is -1.03. The SMILES string of the molecule is C/C=C\C(=O)O[C@H](C(=O)NC(N)=O)C(C)C. The molecule has 0 aromatic carbocycles. The van der Waals surface area contributed by atoms with E-state index >= 15 is 0 Å². The van der Waals surface area contributed by atoms with E-state index in [4.69, 9.17) is 10.5 Å². The quantitative estimate of drug-likeness (QED) is 0.535. The van der Waals surface area contributed by atoms with E-state index in [2.05, 4.69) is 0 Å². The average molecular weight is 228 g/mol. The topological polar surface area (TPSA) is 98.5 Å². The number of hydrogen-bond acceptors (Lipinski definition) is 4. The summed E-state index contributed by atoms with van der Waals surface area (Å²) in [5.41, 5.74) is 4.80. The van der Waals surface area contributed by atoms with Crippen LogP contribution in [0.1, 0.15) is 20.8 Å². The number of urea groups is 1. The summed E-state index contributed by atoms with van der Waals surface area (Å²) in [4.78, 5) is 33.0. The summed E-state index contributed by atoms with van der Waals surface area (Å²) in [7, 11) is 0. The van der Waals surface area contributed by atoms with E-state index < -0.39 is 24.0 Å². The molecule has 0 rings (SSSR count). The molecule has 0 aromatic heterocycles. The van der Waals surface area contributed by atoms with Crippen LogP contribution in [-0.4, -0.2) is 24.0 Å². The third-order valence-corrected chi connectivity index (χ3v) is 1.66. The van der Waals surface area contributed by atoms with Crippen LogP contribution in [0.15, 0.2) is 12.2 Å². The van der Waals surface area contributed by atoms with Crippen molar-refractivity contribution in [2.24, 2.45) is 11.7 Å². The van der Waals surface area contributed by atoms with Crippen molar-refractivity contribution in [1.82, 2.24) is 5.32 Å². The minimum Gasteiger partial charge on any atom is -0.449 e. The molecule has 0 aromatic rings. The molecule has 0 aliphatic heterocycles. The van der Waals surface area contributed by atoms with Gasteiger partial charge in [-0.15, -0.1) is 0 Å². The number of imide groups is 1. The maximum atomic E-state index is 11.4. The van der Waals surface area contributed by atoms with E-state index in [0.717, 1.165) is 0 Å². The molecule has 0 heterocycles. The maximum absolute atomic E-state index is 11.4. The second-order valence-corrected chi connectivity index (χ2v) is 3.46. The van der Waals surface area contributed by atoms with Crippen molar-refractivity contribution in [3.8, 4) is 0 Å². The number of esters is 1. The first-order chi connectivity index (χ1) is 7.38. The molecule has 0 spiro atoms. The van der Waals surface area contributed by atoms with Crippen LogP contribution in [0, 0.1) is 5.92 Å². The summed E-state index contributed by atoms with van der Waals surface area (Å²) < 4.78 is 4.87. The van der Waals surface area contributed by atoms with E-state index in [0.29, 0.717) is 0 Å². The van der Waals surface area contributed by atoms with Crippen LogP contribution in [0.2, 0.25) is 0 Å². The van der Waals surface area contributed by atoms with Gasteiger partial charge in [0.2, 0.25) is 0 Å². The molecule has 0 saturated carbocycles. The minimum absolute atomic E-state index is 0.256. The summed E-state index contributed by atoms with van der Waals surface area (Å²) in [6, 6.07) is -0.974. The van der Waals surface area contributed by atoms with Crippen molar-refractivity contribution in [1.29, 1.82) is 0 Å². The molecule has 0 fully saturated rings. The highest BCUT2D eigenvalue weighted by Gasteiger charge is 2.26. The van der Waals surface area contributed by atoms with Gasteiger partial charge in [-0.1, -0.05) is 19.9 Å². The Kier molecular flexibility index (Phi) is 5.84. The zero-order chi connectivity index (χ0) is 12.7. The molecule has 0 unspecified atom stereocenters. The van der Waals surface area contributed by atoms with Gasteiger partial charge in [0, 0.05) is 6.08 Å². The molecule has 6 nitrogen and oxygen atoms in total. The molecule has 0 aliphatic rings. The lowest BCUT2D eigenvalue weighted by Crippen LogP contribution is -2.45. The number of amides is 3. The van der Waals surface area contributed by atoms with Crippen LogP contribution >= 0.6 is 0 Å². The van der Waals surface area contributed by atoms with Gasteiger partial charge in [-0.3, -0.25) is 10.1 Å². The summed E-state index contributed by atoms with van der Waals surface area (Å²) in [5.74, 6) is -1.62. The van der Waals surface area contributed by atoms with Crippen LogP contribution in [-0.2, 0) is 14.3 Å². The van der Waals surface area contributed by atoms with Crippen molar-refractivity contribution in [2.45, 2.75) is 26.9 Å². The highest BCUT2D eigenvalue weighted by molar-refractivity contribution is 5.97. The number of allylic oxidation sites excluding steroid dienone is 1. The molecule has 0 saturated heterocycles. The van der Waals surface area contributed by atoms with Gasteiger partial charge in [0.05, 0.1) is 0 Å². The van der Waals surface area contributed by atoms with Crippen LogP contribution in [0.5, 0.6) is 0 Å². The Hall–Kier alpha value is -1.85. The Morgan fingerprint density at radius 2 is 1.88 bits per heavy atom. The summed E-state index contributed by atoms with van der Waals surface area (Å²) >= 11 is 0. The lowest BCUT2D eigenvalue weighted by atomic mass is 10.1. The number of ether oxygens (including phenoxy) is 1. The average Bonchev–Trinajstić information content (AvgIpc) is 2.12. The molecule has 0 bridgehead atoms. The normalized spacial score (nSPS) is 12.5. The lowest BCUT2D eigenvalue weighted by Gasteiger charge is -2.18. The third kappa shape index (κ3) is 5.14. The molecule has 0 aliphatic carbocycles. The van der Waals surface area contributed by atoms with Crippen LogP contribution < -0.4 is 11.1 Å². The van der Waals surface area contributed by atoms with E-state index in [-0.39, 0.29) is 5.92 Å². The molecule has 0 radical (unpaired) electrons. The monoisotopic (exact) mass is 228 g/mol. The van der Waals surface area contributed by atoms with Gasteiger partial charge in [-0.25, -0.2) is 9.59 Å². The highest BCUT2D eigenvalue weighted by Crippen LogP contribution is 2.07. The van der Waals surface area contributed by atoms with Gasteiger partial charge in [-0.05, 0) is 12.8 Å². The Balaban J connectivity index is 4.55. The smallest absolute Gasteiger partial charge is 0.331 e. The number of hydrogen-bond donors (Lipinski definition) is 2. The van der Waals surface area contributed by atoms with Gasteiger partial charge in [0.1, 0.15) is 0 Å². The predicted molar refractivity (Wildman–Crippen MR) is 57.3 cm³/mol. The van der Waals surface area contributed by atoms with Gasteiger partial charge >= 0.3 is 12.0 Å². The molecular weight excluding hydrogens is 212 g/mol. The Bertz CT molecular complexity index is 310. The first-order valence-corrected chi connectivity index (χ1v) is 4.82. The Morgan fingerprint density at radius 3 is 2.25 bits per heavy atom.